The molecule has 0 fully saturated rings. The van der Waals surface area contributed by atoms with E-state index in [1.165, 1.54) is 17.5 Å². The number of benzene rings is 1. The summed E-state index contributed by atoms with van der Waals surface area (Å²) < 4.78 is 0. The van der Waals surface area contributed by atoms with E-state index in [2.05, 4.69) is 93.7 Å². The summed E-state index contributed by atoms with van der Waals surface area (Å²) in [5.74, 6) is 0.626. The predicted molar refractivity (Wildman–Crippen MR) is 103 cm³/mol. The van der Waals surface area contributed by atoms with Crippen LogP contribution in [0.3, 0.4) is 0 Å². The predicted octanol–water partition coefficient (Wildman–Crippen LogP) is 6.05. The van der Waals surface area contributed by atoms with Crippen molar-refractivity contribution in [2.75, 3.05) is 0 Å². The highest BCUT2D eigenvalue weighted by molar-refractivity contribution is 6.85. The zero-order valence-electron chi connectivity index (χ0n) is 14.6. The third-order valence-electron chi connectivity index (χ3n) is 7.18. The molecular formula is C22H26Si. The summed E-state index contributed by atoms with van der Waals surface area (Å²) in [7, 11) is -1.72. The Morgan fingerprint density at radius 1 is 1.04 bits per heavy atom. The first kappa shape index (κ1) is 15.0. The molecule has 118 valence electrons. The Bertz CT molecular complexity index is 777. The first-order chi connectivity index (χ1) is 10.9. The van der Waals surface area contributed by atoms with Gasteiger partial charge in [0.15, 0.2) is 0 Å². The Balaban J connectivity index is 1.86. The molecule has 0 aromatic heterocycles. The number of fused-ring (bicyclic) bond motifs is 2. The molecule has 0 bridgehead atoms. The maximum atomic E-state index is 2.59. The van der Waals surface area contributed by atoms with Crippen molar-refractivity contribution >= 4 is 14.1 Å². The molecule has 3 atom stereocenters. The highest BCUT2D eigenvalue weighted by atomic mass is 28.3. The van der Waals surface area contributed by atoms with E-state index < -0.39 is 8.07 Å². The van der Waals surface area contributed by atoms with Crippen molar-refractivity contribution in [3.05, 3.63) is 77.4 Å². The monoisotopic (exact) mass is 318 g/mol. The van der Waals surface area contributed by atoms with Crippen LogP contribution in [0.4, 0.5) is 0 Å². The van der Waals surface area contributed by atoms with Crippen molar-refractivity contribution in [1.82, 2.24) is 0 Å². The van der Waals surface area contributed by atoms with Gasteiger partial charge in [-0.05, 0) is 17.5 Å². The van der Waals surface area contributed by atoms with Crippen molar-refractivity contribution in [2.45, 2.75) is 43.4 Å². The molecule has 0 nitrogen and oxygen atoms in total. The normalized spacial score (nSPS) is 34.4. The lowest BCUT2D eigenvalue weighted by Crippen LogP contribution is -2.55. The fraction of sp³-hybridized carbons (Fsp3) is 0.364. The molecule has 1 heteroatoms. The van der Waals surface area contributed by atoms with Crippen LogP contribution in [0.1, 0.15) is 31.4 Å². The van der Waals surface area contributed by atoms with Crippen molar-refractivity contribution in [3.8, 4) is 0 Å². The zero-order valence-corrected chi connectivity index (χ0v) is 15.6. The largest absolute Gasteiger partial charge is 0.0836 e. The Morgan fingerprint density at radius 3 is 2.65 bits per heavy atom. The Labute approximate surface area is 141 Å². The summed E-state index contributed by atoms with van der Waals surface area (Å²) in [4.78, 5) is 0. The van der Waals surface area contributed by atoms with Gasteiger partial charge in [-0.1, -0.05) is 99.3 Å². The molecule has 0 aliphatic heterocycles. The van der Waals surface area contributed by atoms with Gasteiger partial charge in [-0.25, -0.2) is 0 Å². The molecule has 0 saturated carbocycles. The van der Waals surface area contributed by atoms with E-state index in [0.29, 0.717) is 5.92 Å². The van der Waals surface area contributed by atoms with Crippen molar-refractivity contribution in [3.63, 3.8) is 0 Å². The van der Waals surface area contributed by atoms with Gasteiger partial charge in [-0.2, -0.15) is 0 Å². The Hall–Kier alpha value is -1.60. The summed E-state index contributed by atoms with van der Waals surface area (Å²) in [5.41, 5.74) is 4.59. The third kappa shape index (κ3) is 1.77. The summed E-state index contributed by atoms with van der Waals surface area (Å²) in [5, 5.41) is 0.401. The maximum absolute atomic E-state index is 2.59. The lowest BCUT2D eigenvalue weighted by Gasteiger charge is -2.51. The fourth-order valence-electron chi connectivity index (χ4n) is 4.91. The minimum Gasteiger partial charge on any atom is -0.0836 e. The van der Waals surface area contributed by atoms with Gasteiger partial charge >= 0.3 is 0 Å². The van der Waals surface area contributed by atoms with Gasteiger partial charge in [-0.3, -0.25) is 0 Å². The molecule has 1 aromatic rings. The van der Waals surface area contributed by atoms with E-state index in [9.17, 15) is 0 Å². The second kappa shape index (κ2) is 4.70. The maximum Gasteiger partial charge on any atom is 0.0780 e. The summed E-state index contributed by atoms with van der Waals surface area (Å²) in [6.45, 7) is 10.2. The minimum atomic E-state index is -1.72. The summed E-state index contributed by atoms with van der Waals surface area (Å²) in [6.07, 6.45) is 18.0. The van der Waals surface area contributed by atoms with E-state index in [1.807, 2.05) is 0 Å². The van der Waals surface area contributed by atoms with Crippen molar-refractivity contribution in [2.24, 2.45) is 5.92 Å². The molecule has 0 spiro atoms. The highest BCUT2D eigenvalue weighted by Gasteiger charge is 2.57. The van der Waals surface area contributed by atoms with E-state index in [-0.39, 0.29) is 10.1 Å². The number of rotatable bonds is 2. The van der Waals surface area contributed by atoms with Crippen LogP contribution < -0.4 is 0 Å². The quantitative estimate of drug-likeness (QED) is 0.460. The standard InChI is InChI=1S/C22H26Si/c1-21(15-13-17-9-5-7-11-19(17)21)23(3,4)22(2)16-14-18-10-6-8-12-20(18)22/h5-9,11-16,18H,10H2,1-4H3. The van der Waals surface area contributed by atoms with Crippen LogP contribution in [-0.4, -0.2) is 8.07 Å². The van der Waals surface area contributed by atoms with Crippen LogP contribution in [0.25, 0.3) is 6.08 Å². The lowest BCUT2D eigenvalue weighted by molar-refractivity contribution is 0.675. The van der Waals surface area contributed by atoms with Gasteiger partial charge in [0.1, 0.15) is 0 Å². The second-order valence-electron chi connectivity index (χ2n) is 8.20. The second-order valence-corrected chi connectivity index (χ2v) is 13.5. The molecular weight excluding hydrogens is 292 g/mol. The molecule has 1 aromatic carbocycles. The molecule has 3 unspecified atom stereocenters. The molecule has 0 heterocycles. The summed E-state index contributed by atoms with van der Waals surface area (Å²) in [6, 6.07) is 8.97. The lowest BCUT2D eigenvalue weighted by atomic mass is 9.89. The number of allylic oxidation sites excluding steroid dienone is 7. The molecule has 4 rings (SSSR count). The summed E-state index contributed by atoms with van der Waals surface area (Å²) >= 11 is 0. The fourth-order valence-corrected chi connectivity index (χ4v) is 8.89. The molecule has 0 saturated heterocycles. The molecule has 3 aliphatic carbocycles. The molecule has 0 radical (unpaired) electrons. The van der Waals surface area contributed by atoms with Crippen LogP contribution in [0.5, 0.6) is 0 Å². The number of hydrogen-bond acceptors (Lipinski definition) is 0. The average Bonchev–Trinajstić information content (AvgIpc) is 3.09. The molecule has 0 N–H and O–H groups in total. The van der Waals surface area contributed by atoms with Crippen LogP contribution in [0, 0.1) is 5.92 Å². The van der Waals surface area contributed by atoms with Crippen LogP contribution >= 0.6 is 0 Å². The third-order valence-corrected chi connectivity index (χ3v) is 13.3. The SMILES string of the molecule is CC1([Si](C)(C)C2(C)C=Cc3ccccc32)C=CC2CC=CC=C21. The van der Waals surface area contributed by atoms with E-state index in [4.69, 9.17) is 0 Å². The van der Waals surface area contributed by atoms with Gasteiger partial charge in [-0.15, -0.1) is 0 Å². The molecule has 23 heavy (non-hydrogen) atoms. The average molecular weight is 319 g/mol. The topological polar surface area (TPSA) is 0 Å². The van der Waals surface area contributed by atoms with Gasteiger partial charge in [0.05, 0.1) is 8.07 Å². The molecule has 0 amide bonds. The van der Waals surface area contributed by atoms with Gasteiger partial charge < -0.3 is 0 Å². The Morgan fingerprint density at radius 2 is 1.83 bits per heavy atom. The van der Waals surface area contributed by atoms with E-state index >= 15 is 0 Å². The van der Waals surface area contributed by atoms with Gasteiger partial charge in [0.25, 0.3) is 0 Å². The zero-order chi connectivity index (χ0) is 16.3. The van der Waals surface area contributed by atoms with E-state index in [1.54, 1.807) is 5.57 Å². The van der Waals surface area contributed by atoms with Crippen LogP contribution in [0.2, 0.25) is 18.1 Å². The van der Waals surface area contributed by atoms with Crippen molar-refractivity contribution in [1.29, 1.82) is 0 Å². The number of hydrogen-bond donors (Lipinski definition) is 0. The first-order valence-corrected chi connectivity index (χ1v) is 11.8. The van der Waals surface area contributed by atoms with Crippen LogP contribution in [-0.2, 0) is 5.04 Å². The van der Waals surface area contributed by atoms with Crippen LogP contribution in [0.15, 0.2) is 66.3 Å². The molecule has 3 aliphatic rings. The Kier molecular flexibility index (Phi) is 3.06. The van der Waals surface area contributed by atoms with Gasteiger partial charge in [0, 0.05) is 16.0 Å². The van der Waals surface area contributed by atoms with E-state index in [0.717, 1.165) is 0 Å². The smallest absolute Gasteiger partial charge is 0.0780 e. The van der Waals surface area contributed by atoms with Gasteiger partial charge in [0.2, 0.25) is 0 Å². The first-order valence-electron chi connectivity index (χ1n) is 8.75. The van der Waals surface area contributed by atoms with Crippen molar-refractivity contribution < 1.29 is 0 Å². The minimum absolute atomic E-state index is 0.180. The highest BCUT2D eigenvalue weighted by Crippen LogP contribution is 2.61.